The molecule has 2 fully saturated rings. The summed E-state index contributed by atoms with van der Waals surface area (Å²) in [6.45, 7) is 0.769. The Morgan fingerprint density at radius 2 is 2.04 bits per heavy atom. The van der Waals surface area contributed by atoms with Crippen LogP contribution in [0, 0.1) is 29.2 Å². The summed E-state index contributed by atoms with van der Waals surface area (Å²) in [4.78, 5) is 0. The summed E-state index contributed by atoms with van der Waals surface area (Å²) in [5.74, 6) is 0.435. The van der Waals surface area contributed by atoms with E-state index in [9.17, 15) is 23.5 Å². The van der Waals surface area contributed by atoms with Crippen molar-refractivity contribution in [3.05, 3.63) is 35.4 Å². The van der Waals surface area contributed by atoms with Crippen molar-refractivity contribution in [2.24, 2.45) is 11.8 Å². The lowest BCUT2D eigenvalue weighted by atomic mass is 9.75. The van der Waals surface area contributed by atoms with Gasteiger partial charge < -0.3 is 9.84 Å². The van der Waals surface area contributed by atoms with E-state index in [1.54, 1.807) is 6.07 Å². The first-order chi connectivity index (χ1) is 11.9. The summed E-state index contributed by atoms with van der Waals surface area (Å²) in [6.07, 6.45) is -2.42. The fourth-order valence-corrected chi connectivity index (χ4v) is 3.41. The Morgan fingerprint density at radius 1 is 1.28 bits per heavy atom. The highest BCUT2D eigenvalue weighted by Crippen LogP contribution is 2.40. The first-order valence-electron chi connectivity index (χ1n) is 8.66. The molecule has 0 bridgehead atoms. The van der Waals surface area contributed by atoms with Gasteiger partial charge in [0, 0.05) is 6.61 Å². The van der Waals surface area contributed by atoms with Crippen LogP contribution in [-0.2, 0) is 4.74 Å². The molecule has 6 heteroatoms. The van der Waals surface area contributed by atoms with Gasteiger partial charge in [0.05, 0.1) is 18.1 Å². The number of nitriles is 1. The maximum Gasteiger partial charge on any atom is 0.418 e. The predicted molar refractivity (Wildman–Crippen MR) is 84.5 cm³/mol. The van der Waals surface area contributed by atoms with Crippen LogP contribution < -0.4 is 0 Å². The number of alkyl halides is 3. The standard InChI is InChI=1S/C19H21F3NO2/c20-19(21,22)18(24)14-5-3-13(4-6-14)17-8-7-16(9-15(17)10-23)25-11-12-1-2-12/h3-5,12,15-18,24H,1-2,7-9,11H2. The summed E-state index contributed by atoms with van der Waals surface area (Å²) >= 11 is 0. The fraction of sp³-hybridized carbons (Fsp3) is 0.632. The Kier molecular flexibility index (Phi) is 5.35. The number of aliphatic hydroxyl groups excluding tert-OH is 1. The SMILES string of the molecule is N#CC1CC(OCC2CC2)CCC1c1c[c]c(C(O)C(F)(F)F)cc1. The average Bonchev–Trinajstić information content (AvgIpc) is 3.43. The van der Waals surface area contributed by atoms with Crippen LogP contribution in [0.5, 0.6) is 0 Å². The molecule has 25 heavy (non-hydrogen) atoms. The van der Waals surface area contributed by atoms with E-state index in [0.717, 1.165) is 25.0 Å². The summed E-state index contributed by atoms with van der Waals surface area (Å²) in [5.41, 5.74) is 0.497. The van der Waals surface area contributed by atoms with Crippen molar-refractivity contribution in [2.75, 3.05) is 6.61 Å². The van der Waals surface area contributed by atoms with Crippen molar-refractivity contribution < 1.29 is 23.0 Å². The van der Waals surface area contributed by atoms with Gasteiger partial charge in [-0.15, -0.1) is 0 Å². The number of hydrogen-bond donors (Lipinski definition) is 1. The molecule has 0 heterocycles. The summed E-state index contributed by atoms with van der Waals surface area (Å²) in [5, 5.41) is 18.8. The van der Waals surface area contributed by atoms with Crippen molar-refractivity contribution in [3.63, 3.8) is 0 Å². The lowest BCUT2D eigenvalue weighted by Gasteiger charge is -2.33. The molecule has 0 spiro atoms. The first-order valence-corrected chi connectivity index (χ1v) is 8.66. The number of hydrogen-bond acceptors (Lipinski definition) is 3. The van der Waals surface area contributed by atoms with Crippen LogP contribution in [0.1, 0.15) is 55.3 Å². The molecule has 0 saturated heterocycles. The Bertz CT molecular complexity index is 619. The lowest BCUT2D eigenvalue weighted by Crippen LogP contribution is -2.28. The minimum atomic E-state index is -4.70. The molecule has 1 aromatic rings. The van der Waals surface area contributed by atoms with Crippen LogP contribution in [-0.4, -0.2) is 24.0 Å². The second-order valence-electron chi connectivity index (χ2n) is 7.08. The number of aliphatic hydroxyl groups is 1. The predicted octanol–water partition coefficient (Wildman–Crippen LogP) is 4.28. The molecule has 3 rings (SSSR count). The van der Waals surface area contributed by atoms with Crippen molar-refractivity contribution in [1.29, 1.82) is 5.26 Å². The highest BCUT2D eigenvalue weighted by atomic mass is 19.4. The summed E-state index contributed by atoms with van der Waals surface area (Å²) in [6, 6.07) is 9.15. The quantitative estimate of drug-likeness (QED) is 0.860. The highest BCUT2D eigenvalue weighted by molar-refractivity contribution is 5.28. The number of benzene rings is 1. The van der Waals surface area contributed by atoms with Gasteiger partial charge in [-0.1, -0.05) is 18.2 Å². The molecule has 2 saturated carbocycles. The molecule has 1 radical (unpaired) electrons. The van der Waals surface area contributed by atoms with Crippen molar-refractivity contribution in [2.45, 2.75) is 56.4 Å². The average molecular weight is 352 g/mol. The molecule has 2 aliphatic rings. The number of rotatable bonds is 5. The molecule has 1 aromatic carbocycles. The molecule has 1 N–H and O–H groups in total. The van der Waals surface area contributed by atoms with Gasteiger partial charge in [0.15, 0.2) is 6.10 Å². The van der Waals surface area contributed by atoms with E-state index in [2.05, 4.69) is 12.1 Å². The second kappa shape index (κ2) is 7.35. The smallest absolute Gasteiger partial charge is 0.379 e. The van der Waals surface area contributed by atoms with Crippen LogP contribution in [0.4, 0.5) is 13.2 Å². The van der Waals surface area contributed by atoms with E-state index in [4.69, 9.17) is 4.74 Å². The minimum absolute atomic E-state index is 0.0286. The van der Waals surface area contributed by atoms with Gasteiger partial charge in [-0.3, -0.25) is 0 Å². The van der Waals surface area contributed by atoms with E-state index in [-0.39, 0.29) is 23.5 Å². The minimum Gasteiger partial charge on any atom is -0.379 e. The molecule has 0 aliphatic heterocycles. The molecule has 2 aliphatic carbocycles. The molecule has 4 atom stereocenters. The van der Waals surface area contributed by atoms with Gasteiger partial charge in [0.1, 0.15) is 0 Å². The van der Waals surface area contributed by atoms with Crippen LogP contribution in [0.2, 0.25) is 0 Å². The van der Waals surface area contributed by atoms with Crippen molar-refractivity contribution >= 4 is 0 Å². The molecular weight excluding hydrogens is 331 g/mol. The van der Waals surface area contributed by atoms with Crippen molar-refractivity contribution in [3.8, 4) is 6.07 Å². The highest BCUT2D eigenvalue weighted by Gasteiger charge is 2.39. The zero-order valence-corrected chi connectivity index (χ0v) is 13.8. The Hall–Kier alpha value is -1.58. The lowest BCUT2D eigenvalue weighted by molar-refractivity contribution is -0.206. The van der Waals surface area contributed by atoms with Crippen molar-refractivity contribution in [1.82, 2.24) is 0 Å². The van der Waals surface area contributed by atoms with Gasteiger partial charge in [0.2, 0.25) is 0 Å². The second-order valence-corrected chi connectivity index (χ2v) is 7.08. The third-order valence-corrected chi connectivity index (χ3v) is 5.13. The van der Waals surface area contributed by atoms with E-state index in [0.29, 0.717) is 12.3 Å². The monoisotopic (exact) mass is 352 g/mol. The summed E-state index contributed by atoms with van der Waals surface area (Å²) in [7, 11) is 0. The third kappa shape index (κ3) is 4.53. The first kappa shape index (κ1) is 18.2. The van der Waals surface area contributed by atoms with Gasteiger partial charge in [-0.05, 0) is 61.1 Å². The Balaban J connectivity index is 1.63. The number of ether oxygens (including phenoxy) is 1. The van der Waals surface area contributed by atoms with Gasteiger partial charge in [-0.2, -0.15) is 18.4 Å². The maximum absolute atomic E-state index is 12.6. The van der Waals surface area contributed by atoms with Crippen LogP contribution in [0.3, 0.4) is 0 Å². The molecule has 3 nitrogen and oxygen atoms in total. The fourth-order valence-electron chi connectivity index (χ4n) is 3.41. The van der Waals surface area contributed by atoms with E-state index < -0.39 is 12.3 Å². The van der Waals surface area contributed by atoms with Crippen LogP contribution >= 0.6 is 0 Å². The van der Waals surface area contributed by atoms with Crippen LogP contribution in [0.25, 0.3) is 0 Å². The van der Waals surface area contributed by atoms with Crippen LogP contribution in [0.15, 0.2) is 18.2 Å². The zero-order chi connectivity index (χ0) is 18.0. The molecule has 135 valence electrons. The van der Waals surface area contributed by atoms with Gasteiger partial charge >= 0.3 is 6.18 Å². The molecule has 0 aromatic heterocycles. The number of nitrogens with zero attached hydrogens (tertiary/aromatic N) is 1. The topological polar surface area (TPSA) is 53.2 Å². The van der Waals surface area contributed by atoms with Gasteiger partial charge in [0.25, 0.3) is 0 Å². The molecule has 0 amide bonds. The van der Waals surface area contributed by atoms with E-state index in [1.165, 1.54) is 25.0 Å². The molecule has 4 unspecified atom stereocenters. The van der Waals surface area contributed by atoms with Gasteiger partial charge in [-0.25, -0.2) is 0 Å². The Morgan fingerprint density at radius 3 is 2.60 bits per heavy atom. The largest absolute Gasteiger partial charge is 0.418 e. The van der Waals surface area contributed by atoms with E-state index in [1.807, 2.05) is 0 Å². The molecular formula is C19H21F3NO2. The number of halogens is 3. The normalized spacial score (nSPS) is 28.4. The third-order valence-electron chi connectivity index (χ3n) is 5.13. The Labute approximate surface area is 145 Å². The maximum atomic E-state index is 12.6. The summed E-state index contributed by atoms with van der Waals surface area (Å²) < 4.78 is 43.6. The zero-order valence-electron chi connectivity index (χ0n) is 13.8. The van der Waals surface area contributed by atoms with E-state index >= 15 is 0 Å².